The number of nitrogens with two attached hydrogens (primary N) is 1. The third-order valence-electron chi connectivity index (χ3n) is 4.18. The van der Waals surface area contributed by atoms with E-state index < -0.39 is 31.4 Å². The number of amides is 1. The Kier molecular flexibility index (Phi) is 6.51. The Hall–Kier alpha value is -2.24. The number of carbonyl (C=O) groups excluding carboxylic acids is 1. The van der Waals surface area contributed by atoms with Gasteiger partial charge >= 0.3 is 0 Å². The fraction of sp³-hybridized carbons (Fsp3) is 0.533. The molecule has 0 aliphatic carbocycles. The second-order valence-corrected chi connectivity index (χ2v) is 7.78. The van der Waals surface area contributed by atoms with Crippen molar-refractivity contribution in [1.29, 1.82) is 0 Å². The fourth-order valence-electron chi connectivity index (χ4n) is 2.84. The summed E-state index contributed by atoms with van der Waals surface area (Å²) in [6.45, 7) is 0.776. The molecule has 10 nitrogen and oxygen atoms in total. The predicted octanol–water partition coefficient (Wildman–Crippen LogP) is 0.0790. The number of benzene rings is 1. The van der Waals surface area contributed by atoms with Crippen LogP contribution in [-0.2, 0) is 14.8 Å². The van der Waals surface area contributed by atoms with Crippen molar-refractivity contribution < 1.29 is 22.9 Å². The van der Waals surface area contributed by atoms with Crippen LogP contribution in [0.4, 0.5) is 5.69 Å². The first-order valence-electron chi connectivity index (χ1n) is 8.11. The average molecular weight is 386 g/mol. The summed E-state index contributed by atoms with van der Waals surface area (Å²) in [5.41, 5.74) is 4.80. The van der Waals surface area contributed by atoms with Crippen LogP contribution in [0.2, 0.25) is 0 Å². The molecule has 0 spiro atoms. The molecule has 1 amide bonds. The van der Waals surface area contributed by atoms with Gasteiger partial charge in [-0.3, -0.25) is 14.9 Å². The Bertz CT molecular complexity index is 782. The van der Waals surface area contributed by atoms with Gasteiger partial charge < -0.3 is 15.8 Å². The van der Waals surface area contributed by atoms with E-state index in [2.05, 4.69) is 5.32 Å². The molecule has 1 aliphatic heterocycles. The monoisotopic (exact) mass is 386 g/mol. The second-order valence-electron chi connectivity index (χ2n) is 5.87. The van der Waals surface area contributed by atoms with Crippen molar-refractivity contribution in [2.24, 2.45) is 11.7 Å². The molecule has 1 aromatic carbocycles. The molecule has 1 unspecified atom stereocenters. The zero-order valence-corrected chi connectivity index (χ0v) is 15.2. The summed E-state index contributed by atoms with van der Waals surface area (Å²) >= 11 is 0. The summed E-state index contributed by atoms with van der Waals surface area (Å²) < 4.78 is 31.9. The summed E-state index contributed by atoms with van der Waals surface area (Å²) in [6.07, 6.45) is 1.04. The van der Waals surface area contributed by atoms with E-state index in [-0.39, 0.29) is 24.7 Å². The third kappa shape index (κ3) is 4.29. The lowest BCUT2D eigenvalue weighted by molar-refractivity contribution is -0.387. The number of hydrogen-bond acceptors (Lipinski definition) is 7. The number of piperidine rings is 1. The van der Waals surface area contributed by atoms with Gasteiger partial charge in [0.25, 0.3) is 5.69 Å². The maximum absolute atomic E-state index is 12.9. The molecule has 1 aliphatic rings. The van der Waals surface area contributed by atoms with E-state index in [1.54, 1.807) is 0 Å². The Morgan fingerprint density at radius 3 is 2.85 bits per heavy atom. The van der Waals surface area contributed by atoms with Crippen LogP contribution < -0.4 is 15.8 Å². The first-order valence-corrected chi connectivity index (χ1v) is 9.55. The van der Waals surface area contributed by atoms with Crippen molar-refractivity contribution in [3.8, 4) is 5.75 Å². The van der Waals surface area contributed by atoms with Crippen LogP contribution in [0.1, 0.15) is 12.8 Å². The van der Waals surface area contributed by atoms with Gasteiger partial charge in [0.15, 0.2) is 4.90 Å². The molecule has 2 rings (SSSR count). The summed E-state index contributed by atoms with van der Waals surface area (Å²) in [6, 6.07) is 3.59. The van der Waals surface area contributed by atoms with Gasteiger partial charge in [-0.25, -0.2) is 8.42 Å². The molecule has 0 aromatic heterocycles. The SMILES string of the molecule is COc1ccc(S(=O)(=O)N2CCCC(C(=O)NCCN)C2)c([N+](=O)[O-])c1. The predicted molar refractivity (Wildman–Crippen MR) is 93.2 cm³/mol. The number of ether oxygens (including phenoxy) is 1. The maximum atomic E-state index is 12.9. The largest absolute Gasteiger partial charge is 0.497 e. The van der Waals surface area contributed by atoms with E-state index in [1.807, 2.05) is 0 Å². The van der Waals surface area contributed by atoms with E-state index >= 15 is 0 Å². The van der Waals surface area contributed by atoms with Gasteiger partial charge in [0.1, 0.15) is 5.75 Å². The summed E-state index contributed by atoms with van der Waals surface area (Å²) in [5, 5.41) is 13.9. The average Bonchev–Trinajstić information content (AvgIpc) is 2.65. The highest BCUT2D eigenvalue weighted by atomic mass is 32.2. The molecule has 26 heavy (non-hydrogen) atoms. The van der Waals surface area contributed by atoms with E-state index in [1.165, 1.54) is 13.2 Å². The van der Waals surface area contributed by atoms with Crippen LogP contribution in [0.5, 0.6) is 5.75 Å². The Balaban J connectivity index is 2.29. The number of nitro groups is 1. The molecule has 0 bridgehead atoms. The molecule has 1 saturated heterocycles. The quantitative estimate of drug-likeness (QED) is 0.498. The van der Waals surface area contributed by atoms with Crippen molar-refractivity contribution in [3.05, 3.63) is 28.3 Å². The van der Waals surface area contributed by atoms with Gasteiger partial charge in [-0.15, -0.1) is 0 Å². The van der Waals surface area contributed by atoms with Gasteiger partial charge in [-0.1, -0.05) is 0 Å². The first kappa shape index (κ1) is 20.1. The first-order chi connectivity index (χ1) is 12.3. The number of sulfonamides is 1. The normalized spacial score (nSPS) is 18.3. The van der Waals surface area contributed by atoms with Gasteiger partial charge in [0.05, 0.1) is 24.0 Å². The van der Waals surface area contributed by atoms with Crippen LogP contribution in [0.25, 0.3) is 0 Å². The Labute approximate surface area is 151 Å². The molecular weight excluding hydrogens is 364 g/mol. The lowest BCUT2D eigenvalue weighted by atomic mass is 9.99. The van der Waals surface area contributed by atoms with Gasteiger partial charge in [0, 0.05) is 26.2 Å². The molecule has 11 heteroatoms. The minimum absolute atomic E-state index is 0.0259. The van der Waals surface area contributed by atoms with E-state index in [4.69, 9.17) is 10.5 Å². The Morgan fingerprint density at radius 1 is 1.50 bits per heavy atom. The van der Waals surface area contributed by atoms with Crippen molar-refractivity contribution in [1.82, 2.24) is 9.62 Å². The van der Waals surface area contributed by atoms with Gasteiger partial charge in [-0.2, -0.15) is 4.31 Å². The van der Waals surface area contributed by atoms with Crippen molar-refractivity contribution >= 4 is 21.6 Å². The van der Waals surface area contributed by atoms with Crippen molar-refractivity contribution in [2.75, 3.05) is 33.3 Å². The maximum Gasteiger partial charge on any atom is 0.293 e. The number of nitrogens with zero attached hydrogens (tertiary/aromatic N) is 2. The van der Waals surface area contributed by atoms with Crippen LogP contribution in [-0.4, -0.2) is 56.8 Å². The molecule has 0 radical (unpaired) electrons. The minimum Gasteiger partial charge on any atom is -0.497 e. The zero-order valence-electron chi connectivity index (χ0n) is 14.4. The number of hydrogen-bond donors (Lipinski definition) is 2. The fourth-order valence-corrected chi connectivity index (χ4v) is 4.50. The number of carbonyl (C=O) groups is 1. The third-order valence-corrected chi connectivity index (χ3v) is 6.09. The second kappa shape index (κ2) is 8.43. The molecule has 1 heterocycles. The molecule has 1 aromatic rings. The number of methoxy groups -OCH3 is 1. The molecule has 1 fully saturated rings. The van der Waals surface area contributed by atoms with E-state index in [0.717, 1.165) is 16.4 Å². The standard InChI is InChI=1S/C15H22N4O6S/c1-25-12-4-5-14(13(9-12)19(21)22)26(23,24)18-8-2-3-11(10-18)15(20)17-7-6-16/h4-5,9,11H,2-3,6-8,10,16H2,1H3,(H,17,20). The van der Waals surface area contributed by atoms with Crippen LogP contribution in [0.3, 0.4) is 0 Å². The van der Waals surface area contributed by atoms with Gasteiger partial charge in [0.2, 0.25) is 15.9 Å². The number of nitrogens with one attached hydrogen (secondary N) is 1. The highest BCUT2D eigenvalue weighted by Crippen LogP contribution is 2.32. The zero-order chi connectivity index (χ0) is 19.3. The molecule has 3 N–H and O–H groups in total. The van der Waals surface area contributed by atoms with Crippen molar-refractivity contribution in [3.63, 3.8) is 0 Å². The number of rotatable bonds is 7. The highest BCUT2D eigenvalue weighted by Gasteiger charge is 2.36. The molecular formula is C15H22N4O6S. The van der Waals surface area contributed by atoms with Gasteiger partial charge in [-0.05, 0) is 25.0 Å². The highest BCUT2D eigenvalue weighted by molar-refractivity contribution is 7.89. The Morgan fingerprint density at radius 2 is 2.23 bits per heavy atom. The summed E-state index contributed by atoms with van der Waals surface area (Å²) in [7, 11) is -2.78. The van der Waals surface area contributed by atoms with E-state index in [9.17, 15) is 23.3 Å². The molecule has 0 saturated carbocycles. The minimum atomic E-state index is -4.12. The van der Waals surface area contributed by atoms with E-state index in [0.29, 0.717) is 25.9 Å². The van der Waals surface area contributed by atoms with Crippen molar-refractivity contribution in [2.45, 2.75) is 17.7 Å². The summed E-state index contributed by atoms with van der Waals surface area (Å²) in [5.74, 6) is -0.588. The lowest BCUT2D eigenvalue weighted by Gasteiger charge is -2.31. The van der Waals surface area contributed by atoms with Crippen LogP contribution in [0.15, 0.2) is 23.1 Å². The van der Waals surface area contributed by atoms with Crippen LogP contribution in [0, 0.1) is 16.0 Å². The summed E-state index contributed by atoms with van der Waals surface area (Å²) in [4.78, 5) is 22.2. The molecule has 1 atom stereocenters. The number of nitro benzene ring substituents is 1. The molecule has 144 valence electrons. The lowest BCUT2D eigenvalue weighted by Crippen LogP contribution is -2.46. The topological polar surface area (TPSA) is 145 Å². The smallest absolute Gasteiger partial charge is 0.293 e. The van der Waals surface area contributed by atoms with Crippen LogP contribution >= 0.6 is 0 Å².